The summed E-state index contributed by atoms with van der Waals surface area (Å²) in [6, 6.07) is 4.45. The molecule has 1 aromatic rings. The van der Waals surface area contributed by atoms with Crippen molar-refractivity contribution in [2.45, 2.75) is 71.0 Å². The van der Waals surface area contributed by atoms with Crippen LogP contribution in [0.3, 0.4) is 0 Å². The molecule has 1 aliphatic heterocycles. The fourth-order valence-corrected chi connectivity index (χ4v) is 5.07. The van der Waals surface area contributed by atoms with E-state index in [9.17, 15) is 0 Å². The van der Waals surface area contributed by atoms with Crippen LogP contribution in [0, 0.1) is 0 Å². The van der Waals surface area contributed by atoms with Crippen LogP contribution in [0.2, 0.25) is 0 Å². The van der Waals surface area contributed by atoms with E-state index in [1.54, 1.807) is 0 Å². The van der Waals surface area contributed by atoms with Gasteiger partial charge in [-0.15, -0.1) is 11.3 Å². The predicted molar refractivity (Wildman–Crippen MR) is 97.1 cm³/mol. The minimum absolute atomic E-state index is 0.294. The fraction of sp³-hybridized carbons (Fsp3) is 0.765. The van der Waals surface area contributed by atoms with Crippen LogP contribution in [0.5, 0.6) is 0 Å². The van der Waals surface area contributed by atoms with Crippen LogP contribution in [0.1, 0.15) is 58.3 Å². The van der Waals surface area contributed by atoms with Gasteiger partial charge in [-0.2, -0.15) is 0 Å². The molecule has 1 N–H and O–H groups in total. The van der Waals surface area contributed by atoms with Crippen molar-refractivity contribution in [1.29, 1.82) is 0 Å². The van der Waals surface area contributed by atoms with Crippen molar-refractivity contribution in [3.63, 3.8) is 0 Å². The first-order valence-corrected chi connectivity index (χ1v) is 9.88. The maximum atomic E-state index is 3.90. The molecule has 1 saturated heterocycles. The van der Waals surface area contributed by atoms with Gasteiger partial charge in [0, 0.05) is 35.6 Å². The topological polar surface area (TPSA) is 15.3 Å². The molecule has 0 atom stereocenters. The van der Waals surface area contributed by atoms with E-state index in [1.165, 1.54) is 34.3 Å². The molecular weight excluding hydrogens is 344 g/mol. The van der Waals surface area contributed by atoms with Gasteiger partial charge in [-0.05, 0) is 53.7 Å². The lowest BCUT2D eigenvalue weighted by atomic mass is 9.80. The molecule has 4 heteroatoms. The summed E-state index contributed by atoms with van der Waals surface area (Å²) in [6.07, 6.45) is 4.84. The SMILES string of the molecule is CCC1(CC)CN(Cc2ccc(Br)s2)C(CC)(CC)CN1. The molecule has 0 saturated carbocycles. The van der Waals surface area contributed by atoms with Crippen molar-refractivity contribution >= 4 is 27.3 Å². The number of rotatable bonds is 6. The number of hydrogen-bond donors (Lipinski definition) is 1. The predicted octanol–water partition coefficient (Wildman–Crippen LogP) is 5.03. The molecule has 0 radical (unpaired) electrons. The van der Waals surface area contributed by atoms with Crippen molar-refractivity contribution in [2.75, 3.05) is 13.1 Å². The summed E-state index contributed by atoms with van der Waals surface area (Å²) in [4.78, 5) is 4.23. The number of halogens is 1. The summed E-state index contributed by atoms with van der Waals surface area (Å²) in [6.45, 7) is 12.7. The van der Waals surface area contributed by atoms with Gasteiger partial charge in [-0.3, -0.25) is 4.90 Å². The van der Waals surface area contributed by atoms with E-state index in [1.807, 2.05) is 11.3 Å². The maximum absolute atomic E-state index is 3.90. The van der Waals surface area contributed by atoms with Gasteiger partial charge in [0.1, 0.15) is 0 Å². The standard InChI is InChI=1S/C17H29BrN2S/c1-5-16(6-2)13-20(11-14-9-10-15(18)21-14)17(7-3,8-4)12-19-16/h9-10,19H,5-8,11-13H2,1-4H3. The second-order valence-corrected chi connectivity index (χ2v) is 8.88. The van der Waals surface area contributed by atoms with Crippen LogP contribution < -0.4 is 5.32 Å². The van der Waals surface area contributed by atoms with Gasteiger partial charge in [0.15, 0.2) is 0 Å². The largest absolute Gasteiger partial charge is 0.308 e. The monoisotopic (exact) mass is 372 g/mol. The van der Waals surface area contributed by atoms with E-state index in [4.69, 9.17) is 0 Å². The van der Waals surface area contributed by atoms with E-state index in [2.05, 4.69) is 66.0 Å². The summed E-state index contributed by atoms with van der Waals surface area (Å²) in [5, 5.41) is 3.90. The Balaban J connectivity index is 2.24. The third-order valence-electron chi connectivity index (χ3n) is 5.60. The van der Waals surface area contributed by atoms with Crippen LogP contribution in [0.4, 0.5) is 0 Å². The minimum atomic E-state index is 0.294. The van der Waals surface area contributed by atoms with Gasteiger partial charge in [-0.1, -0.05) is 27.7 Å². The Bertz CT molecular complexity index is 449. The molecule has 2 nitrogen and oxygen atoms in total. The molecule has 0 spiro atoms. The zero-order valence-electron chi connectivity index (χ0n) is 13.8. The Hall–Kier alpha value is 0.1000. The zero-order valence-corrected chi connectivity index (χ0v) is 16.2. The molecule has 21 heavy (non-hydrogen) atoms. The number of thiophene rings is 1. The fourth-order valence-electron chi connectivity index (χ4n) is 3.57. The van der Waals surface area contributed by atoms with Gasteiger partial charge in [0.2, 0.25) is 0 Å². The summed E-state index contributed by atoms with van der Waals surface area (Å²) >= 11 is 5.47. The Labute approximate surface area is 142 Å². The number of nitrogens with one attached hydrogen (secondary N) is 1. The highest BCUT2D eigenvalue weighted by Crippen LogP contribution is 2.35. The Morgan fingerprint density at radius 3 is 2.29 bits per heavy atom. The van der Waals surface area contributed by atoms with Gasteiger partial charge in [0.05, 0.1) is 3.79 Å². The van der Waals surface area contributed by atoms with E-state index in [0.717, 1.165) is 19.6 Å². The van der Waals surface area contributed by atoms with Gasteiger partial charge >= 0.3 is 0 Å². The molecule has 0 aromatic carbocycles. The Morgan fingerprint density at radius 2 is 1.81 bits per heavy atom. The quantitative estimate of drug-likeness (QED) is 0.752. The van der Waals surface area contributed by atoms with Crippen molar-refractivity contribution in [3.8, 4) is 0 Å². The van der Waals surface area contributed by atoms with Crippen LogP contribution in [0.15, 0.2) is 15.9 Å². The molecular formula is C17H29BrN2S. The van der Waals surface area contributed by atoms with E-state index in [-0.39, 0.29) is 0 Å². The molecule has 0 bridgehead atoms. The highest BCUT2D eigenvalue weighted by Gasteiger charge is 2.44. The first-order chi connectivity index (χ1) is 10.0. The number of nitrogens with zero attached hydrogens (tertiary/aromatic N) is 1. The van der Waals surface area contributed by atoms with E-state index < -0.39 is 0 Å². The van der Waals surface area contributed by atoms with Crippen LogP contribution in [0.25, 0.3) is 0 Å². The molecule has 120 valence electrons. The molecule has 1 aliphatic rings. The lowest BCUT2D eigenvalue weighted by molar-refractivity contribution is -0.0104. The molecule has 2 rings (SSSR count). The van der Waals surface area contributed by atoms with Crippen LogP contribution in [-0.4, -0.2) is 29.1 Å². The molecule has 0 amide bonds. The summed E-state index contributed by atoms with van der Waals surface area (Å²) in [5.74, 6) is 0. The third-order valence-corrected chi connectivity index (χ3v) is 7.21. The average molecular weight is 373 g/mol. The lowest BCUT2D eigenvalue weighted by Crippen LogP contribution is -2.69. The maximum Gasteiger partial charge on any atom is 0.0701 e. The highest BCUT2D eigenvalue weighted by molar-refractivity contribution is 9.11. The lowest BCUT2D eigenvalue weighted by Gasteiger charge is -2.54. The second kappa shape index (κ2) is 7.12. The molecule has 1 fully saturated rings. The molecule has 0 unspecified atom stereocenters. The molecule has 0 aliphatic carbocycles. The van der Waals surface area contributed by atoms with Crippen LogP contribution in [-0.2, 0) is 6.54 Å². The van der Waals surface area contributed by atoms with E-state index in [0.29, 0.717) is 11.1 Å². The van der Waals surface area contributed by atoms with Gasteiger partial charge in [0.25, 0.3) is 0 Å². The third kappa shape index (κ3) is 3.54. The zero-order chi connectivity index (χ0) is 15.5. The summed E-state index contributed by atoms with van der Waals surface area (Å²) in [5.41, 5.74) is 0.604. The van der Waals surface area contributed by atoms with Crippen LogP contribution >= 0.6 is 27.3 Å². The molecule has 2 heterocycles. The van der Waals surface area contributed by atoms with E-state index >= 15 is 0 Å². The van der Waals surface area contributed by atoms with Gasteiger partial charge in [-0.25, -0.2) is 0 Å². The summed E-state index contributed by atoms with van der Waals surface area (Å²) < 4.78 is 1.24. The molecule has 1 aromatic heterocycles. The highest BCUT2D eigenvalue weighted by atomic mass is 79.9. The smallest absolute Gasteiger partial charge is 0.0701 e. The average Bonchev–Trinajstić information content (AvgIpc) is 2.92. The normalized spacial score (nSPS) is 21.6. The van der Waals surface area contributed by atoms with Crippen molar-refractivity contribution < 1.29 is 0 Å². The van der Waals surface area contributed by atoms with Crippen molar-refractivity contribution in [2.24, 2.45) is 0 Å². The van der Waals surface area contributed by atoms with Gasteiger partial charge < -0.3 is 5.32 Å². The Morgan fingerprint density at radius 1 is 1.14 bits per heavy atom. The number of piperazine rings is 1. The second-order valence-electron chi connectivity index (χ2n) is 6.33. The first kappa shape index (κ1) is 17.5. The first-order valence-electron chi connectivity index (χ1n) is 8.27. The summed E-state index contributed by atoms with van der Waals surface area (Å²) in [7, 11) is 0. The number of hydrogen-bond acceptors (Lipinski definition) is 3. The Kier molecular flexibility index (Phi) is 5.91. The van der Waals surface area contributed by atoms with Crippen molar-refractivity contribution in [3.05, 3.63) is 20.8 Å². The van der Waals surface area contributed by atoms with Crippen molar-refractivity contribution in [1.82, 2.24) is 10.2 Å². The minimum Gasteiger partial charge on any atom is -0.308 e.